The summed E-state index contributed by atoms with van der Waals surface area (Å²) in [6.07, 6.45) is 1.00. The highest BCUT2D eigenvalue weighted by Gasteiger charge is 2.31. The molecule has 0 aliphatic heterocycles. The van der Waals surface area contributed by atoms with Gasteiger partial charge in [-0.25, -0.2) is 8.42 Å². The highest BCUT2D eigenvalue weighted by Crippen LogP contribution is 2.27. The summed E-state index contributed by atoms with van der Waals surface area (Å²) in [6.45, 7) is 4.83. The third kappa shape index (κ3) is 7.36. The van der Waals surface area contributed by atoms with E-state index in [1.807, 2.05) is 13.8 Å². The first-order valence-electron chi connectivity index (χ1n) is 10.4. The quantitative estimate of drug-likeness (QED) is 0.546. The van der Waals surface area contributed by atoms with E-state index in [1.165, 1.54) is 18.1 Å². The van der Waals surface area contributed by atoms with E-state index in [-0.39, 0.29) is 29.2 Å². The van der Waals surface area contributed by atoms with Crippen molar-refractivity contribution in [1.82, 2.24) is 10.2 Å². The van der Waals surface area contributed by atoms with Crippen LogP contribution in [0.1, 0.15) is 26.3 Å². The molecule has 1 atom stereocenters. The minimum Gasteiger partial charge on any atom is -0.497 e. The van der Waals surface area contributed by atoms with Gasteiger partial charge in [-0.1, -0.05) is 35.9 Å². The molecule has 180 valence electrons. The molecule has 2 rings (SSSR count). The monoisotopic (exact) mass is 495 g/mol. The van der Waals surface area contributed by atoms with Crippen LogP contribution in [0.3, 0.4) is 0 Å². The van der Waals surface area contributed by atoms with E-state index in [4.69, 9.17) is 16.3 Å². The molecule has 8 nitrogen and oxygen atoms in total. The third-order valence-electron chi connectivity index (χ3n) is 4.89. The van der Waals surface area contributed by atoms with Crippen LogP contribution >= 0.6 is 11.6 Å². The lowest BCUT2D eigenvalue weighted by atomic mass is 10.1. The van der Waals surface area contributed by atoms with E-state index in [0.717, 1.165) is 16.1 Å². The lowest BCUT2D eigenvalue weighted by Gasteiger charge is -2.32. The van der Waals surface area contributed by atoms with Crippen molar-refractivity contribution >= 4 is 39.1 Å². The zero-order valence-corrected chi connectivity index (χ0v) is 21.0. The number of benzene rings is 2. The molecule has 10 heteroatoms. The number of para-hydroxylation sites is 1. The molecule has 0 heterocycles. The number of anilines is 1. The standard InChI is InChI=1S/C23H30ClN3O5S/c1-16(2)25-23(29)17(3)26(14-18-9-8-10-19(13-18)32-4)22(28)15-27(33(5,30)31)21-12-7-6-11-20(21)24/h6-13,16-17H,14-15H2,1-5H3,(H,25,29)/t17-/m0/s1. The van der Waals surface area contributed by atoms with Crippen LogP contribution in [0.25, 0.3) is 0 Å². The molecule has 0 unspecified atom stereocenters. The van der Waals surface area contributed by atoms with E-state index in [0.29, 0.717) is 5.75 Å². The number of nitrogens with one attached hydrogen (secondary N) is 1. The topological polar surface area (TPSA) is 96.0 Å². The van der Waals surface area contributed by atoms with Gasteiger partial charge in [0.2, 0.25) is 21.8 Å². The van der Waals surface area contributed by atoms with Crippen LogP contribution in [-0.2, 0) is 26.2 Å². The summed E-state index contributed by atoms with van der Waals surface area (Å²) in [5.41, 5.74) is 0.922. The number of carbonyl (C=O) groups excluding carboxylic acids is 2. The maximum absolute atomic E-state index is 13.4. The predicted molar refractivity (Wildman–Crippen MR) is 130 cm³/mol. The number of sulfonamides is 1. The fourth-order valence-electron chi connectivity index (χ4n) is 3.20. The van der Waals surface area contributed by atoms with Gasteiger partial charge in [0, 0.05) is 12.6 Å². The molecule has 0 aliphatic rings. The van der Waals surface area contributed by atoms with Crippen molar-refractivity contribution in [2.24, 2.45) is 0 Å². The molecule has 33 heavy (non-hydrogen) atoms. The molecule has 0 saturated heterocycles. The van der Waals surface area contributed by atoms with Crippen LogP contribution in [0, 0.1) is 0 Å². The first-order valence-corrected chi connectivity index (χ1v) is 12.6. The summed E-state index contributed by atoms with van der Waals surface area (Å²) in [4.78, 5) is 27.5. The minimum atomic E-state index is -3.84. The highest BCUT2D eigenvalue weighted by atomic mass is 35.5. The van der Waals surface area contributed by atoms with Gasteiger partial charge in [-0.2, -0.15) is 0 Å². The maximum Gasteiger partial charge on any atom is 0.244 e. The second kappa shape index (κ2) is 11.4. The summed E-state index contributed by atoms with van der Waals surface area (Å²) >= 11 is 6.21. The van der Waals surface area contributed by atoms with Gasteiger partial charge in [0.15, 0.2) is 0 Å². The van der Waals surface area contributed by atoms with Crippen LogP contribution in [0.4, 0.5) is 5.69 Å². The van der Waals surface area contributed by atoms with E-state index in [2.05, 4.69) is 5.32 Å². The van der Waals surface area contributed by atoms with Gasteiger partial charge in [-0.05, 0) is 50.6 Å². The van der Waals surface area contributed by atoms with Crippen LogP contribution in [0.5, 0.6) is 5.75 Å². The van der Waals surface area contributed by atoms with Gasteiger partial charge in [0.25, 0.3) is 0 Å². The number of halogens is 1. The fraction of sp³-hybridized carbons (Fsp3) is 0.391. The van der Waals surface area contributed by atoms with Crippen LogP contribution in [-0.4, -0.2) is 57.1 Å². The maximum atomic E-state index is 13.4. The predicted octanol–water partition coefficient (Wildman–Crippen LogP) is 3.06. The molecular formula is C23H30ClN3O5S. The fourth-order valence-corrected chi connectivity index (χ4v) is 4.35. The zero-order chi connectivity index (χ0) is 24.8. The Kier molecular flexibility index (Phi) is 9.13. The second-order valence-corrected chi connectivity index (χ2v) is 10.2. The van der Waals surface area contributed by atoms with Crippen molar-refractivity contribution < 1.29 is 22.7 Å². The average molecular weight is 496 g/mol. The Balaban J connectivity index is 2.42. The van der Waals surface area contributed by atoms with E-state index in [1.54, 1.807) is 49.4 Å². The number of nitrogens with zero attached hydrogens (tertiary/aromatic N) is 2. The number of rotatable bonds is 10. The Morgan fingerprint density at radius 2 is 1.76 bits per heavy atom. The number of methoxy groups -OCH3 is 1. The molecule has 0 saturated carbocycles. The van der Waals surface area contributed by atoms with Crippen molar-refractivity contribution in [3.05, 3.63) is 59.1 Å². The third-order valence-corrected chi connectivity index (χ3v) is 6.33. The van der Waals surface area contributed by atoms with Crippen LogP contribution < -0.4 is 14.4 Å². The van der Waals surface area contributed by atoms with Gasteiger partial charge in [0.1, 0.15) is 18.3 Å². The van der Waals surface area contributed by atoms with Crippen molar-refractivity contribution in [1.29, 1.82) is 0 Å². The molecule has 0 fully saturated rings. The van der Waals surface area contributed by atoms with Gasteiger partial charge in [-0.15, -0.1) is 0 Å². The minimum absolute atomic E-state index is 0.0861. The highest BCUT2D eigenvalue weighted by molar-refractivity contribution is 7.92. The van der Waals surface area contributed by atoms with Gasteiger partial charge in [0.05, 0.1) is 24.1 Å². The Bertz CT molecular complexity index is 1090. The molecular weight excluding hydrogens is 466 g/mol. The molecule has 0 aromatic heterocycles. The molecule has 1 N–H and O–H groups in total. The van der Waals surface area contributed by atoms with Crippen molar-refractivity contribution in [3.63, 3.8) is 0 Å². The summed E-state index contributed by atoms with van der Waals surface area (Å²) in [5, 5.41) is 3.00. The Morgan fingerprint density at radius 3 is 2.33 bits per heavy atom. The Hall–Kier alpha value is -2.78. The lowest BCUT2D eigenvalue weighted by Crippen LogP contribution is -2.52. The lowest BCUT2D eigenvalue weighted by molar-refractivity contribution is -0.139. The Labute approximate surface area is 200 Å². The van der Waals surface area contributed by atoms with Crippen LogP contribution in [0.2, 0.25) is 5.02 Å². The summed E-state index contributed by atoms with van der Waals surface area (Å²) in [7, 11) is -2.30. The molecule has 2 amide bonds. The van der Waals surface area contributed by atoms with Gasteiger partial charge in [-0.3, -0.25) is 13.9 Å². The molecule has 0 radical (unpaired) electrons. The first-order chi connectivity index (χ1) is 15.4. The summed E-state index contributed by atoms with van der Waals surface area (Å²) in [6, 6.07) is 12.5. The van der Waals surface area contributed by atoms with E-state index >= 15 is 0 Å². The summed E-state index contributed by atoms with van der Waals surface area (Å²) < 4.78 is 31.3. The number of amides is 2. The average Bonchev–Trinajstić information content (AvgIpc) is 2.74. The van der Waals surface area contributed by atoms with E-state index < -0.39 is 28.5 Å². The smallest absolute Gasteiger partial charge is 0.244 e. The number of ether oxygens (including phenoxy) is 1. The molecule has 2 aromatic carbocycles. The zero-order valence-electron chi connectivity index (χ0n) is 19.4. The van der Waals surface area contributed by atoms with Crippen LogP contribution in [0.15, 0.2) is 48.5 Å². The number of hydrogen-bond acceptors (Lipinski definition) is 5. The molecule has 0 bridgehead atoms. The second-order valence-electron chi connectivity index (χ2n) is 7.93. The number of hydrogen-bond donors (Lipinski definition) is 1. The van der Waals surface area contributed by atoms with Crippen molar-refractivity contribution in [2.75, 3.05) is 24.2 Å². The first kappa shape index (κ1) is 26.5. The van der Waals surface area contributed by atoms with E-state index in [9.17, 15) is 18.0 Å². The normalized spacial score (nSPS) is 12.2. The molecule has 0 spiro atoms. The largest absolute Gasteiger partial charge is 0.497 e. The molecule has 0 aliphatic carbocycles. The SMILES string of the molecule is COc1cccc(CN(C(=O)CN(c2ccccc2Cl)S(C)(=O)=O)[C@@H](C)C(=O)NC(C)C)c1. The van der Waals surface area contributed by atoms with Gasteiger partial charge >= 0.3 is 0 Å². The summed E-state index contributed by atoms with van der Waals surface area (Å²) in [5.74, 6) is -0.285. The molecule has 2 aromatic rings. The van der Waals surface area contributed by atoms with Crippen molar-refractivity contribution in [3.8, 4) is 5.75 Å². The van der Waals surface area contributed by atoms with Crippen molar-refractivity contribution in [2.45, 2.75) is 39.4 Å². The Morgan fingerprint density at radius 1 is 1.09 bits per heavy atom. The van der Waals surface area contributed by atoms with Gasteiger partial charge < -0.3 is 15.0 Å². The number of carbonyl (C=O) groups is 2.